The summed E-state index contributed by atoms with van der Waals surface area (Å²) in [4.78, 5) is 0. The Morgan fingerprint density at radius 1 is 1.09 bits per heavy atom. The number of aryl methyl sites for hydroxylation is 2. The van der Waals surface area contributed by atoms with Gasteiger partial charge in [0.05, 0.1) is 19.8 Å². The third-order valence-electron chi connectivity index (χ3n) is 5.53. The van der Waals surface area contributed by atoms with Gasteiger partial charge in [-0.05, 0) is 66.8 Å². The van der Waals surface area contributed by atoms with E-state index in [1.807, 2.05) is 0 Å². The lowest BCUT2D eigenvalue weighted by atomic mass is 9.71. The fraction of sp³-hybridized carbons (Fsp3) is 0.429. The van der Waals surface area contributed by atoms with Gasteiger partial charge in [0.25, 0.3) is 0 Å². The van der Waals surface area contributed by atoms with E-state index in [-0.39, 0.29) is 6.10 Å². The van der Waals surface area contributed by atoms with Crippen molar-refractivity contribution in [3.63, 3.8) is 0 Å². The van der Waals surface area contributed by atoms with Gasteiger partial charge >= 0.3 is 0 Å². The SMILES string of the molecule is COc1ccc2c(c1)[C@@H]1C[C@H](c3ccc(C)cc3)OC[C@H]1CC2. The third kappa shape index (κ3) is 2.76. The first-order chi connectivity index (χ1) is 11.2. The minimum absolute atomic E-state index is 0.217. The Bertz CT molecular complexity index is 689. The lowest BCUT2D eigenvalue weighted by Crippen LogP contribution is -2.32. The quantitative estimate of drug-likeness (QED) is 0.792. The molecular weight excluding hydrogens is 284 g/mol. The van der Waals surface area contributed by atoms with Crippen LogP contribution in [0.25, 0.3) is 0 Å². The number of hydrogen-bond donors (Lipinski definition) is 0. The predicted octanol–water partition coefficient (Wildman–Crippen LogP) is 4.81. The first-order valence-electron chi connectivity index (χ1n) is 8.59. The molecule has 0 N–H and O–H groups in total. The van der Waals surface area contributed by atoms with E-state index >= 15 is 0 Å². The van der Waals surface area contributed by atoms with Crippen LogP contribution in [0.3, 0.4) is 0 Å². The molecule has 0 saturated carbocycles. The molecule has 1 saturated heterocycles. The van der Waals surface area contributed by atoms with Gasteiger partial charge in [0.15, 0.2) is 0 Å². The van der Waals surface area contributed by atoms with Crippen LogP contribution in [0.15, 0.2) is 42.5 Å². The lowest BCUT2D eigenvalue weighted by molar-refractivity contribution is -0.0340. The van der Waals surface area contributed by atoms with Crippen LogP contribution in [0.5, 0.6) is 5.75 Å². The Hall–Kier alpha value is -1.80. The lowest BCUT2D eigenvalue weighted by Gasteiger charge is -2.40. The van der Waals surface area contributed by atoms with Gasteiger partial charge in [-0.2, -0.15) is 0 Å². The number of methoxy groups -OCH3 is 1. The van der Waals surface area contributed by atoms with Crippen LogP contribution < -0.4 is 4.74 Å². The van der Waals surface area contributed by atoms with Gasteiger partial charge in [-0.1, -0.05) is 35.9 Å². The van der Waals surface area contributed by atoms with Crippen molar-refractivity contribution in [1.82, 2.24) is 0 Å². The molecular formula is C21H24O2. The summed E-state index contributed by atoms with van der Waals surface area (Å²) < 4.78 is 11.7. The van der Waals surface area contributed by atoms with E-state index in [4.69, 9.17) is 9.47 Å². The van der Waals surface area contributed by atoms with Crippen molar-refractivity contribution < 1.29 is 9.47 Å². The van der Waals surface area contributed by atoms with Crippen LogP contribution in [0.2, 0.25) is 0 Å². The minimum atomic E-state index is 0.217. The second-order valence-corrected chi connectivity index (χ2v) is 6.94. The highest BCUT2D eigenvalue weighted by atomic mass is 16.5. The summed E-state index contributed by atoms with van der Waals surface area (Å²) in [5, 5.41) is 0. The van der Waals surface area contributed by atoms with Crippen molar-refractivity contribution in [2.24, 2.45) is 5.92 Å². The van der Waals surface area contributed by atoms with Gasteiger partial charge in [-0.15, -0.1) is 0 Å². The summed E-state index contributed by atoms with van der Waals surface area (Å²) in [7, 11) is 1.75. The van der Waals surface area contributed by atoms with Gasteiger partial charge in [0.1, 0.15) is 5.75 Å². The van der Waals surface area contributed by atoms with Gasteiger partial charge in [-0.25, -0.2) is 0 Å². The van der Waals surface area contributed by atoms with Gasteiger partial charge in [0, 0.05) is 0 Å². The molecule has 23 heavy (non-hydrogen) atoms. The van der Waals surface area contributed by atoms with Crippen molar-refractivity contribution in [2.75, 3.05) is 13.7 Å². The van der Waals surface area contributed by atoms with E-state index in [0.29, 0.717) is 11.8 Å². The Labute approximate surface area is 138 Å². The molecule has 0 aromatic heterocycles. The fourth-order valence-corrected chi connectivity index (χ4v) is 4.14. The first kappa shape index (κ1) is 14.8. The standard InChI is InChI=1S/C21H24O2/c1-14-3-5-16(6-4-14)21-12-20-17(13-23-21)8-7-15-9-10-18(22-2)11-19(15)20/h3-6,9-11,17,20-21H,7-8,12-13H2,1-2H3/t17-,20-,21-/m1/s1. The van der Waals surface area contributed by atoms with Crippen molar-refractivity contribution in [1.29, 1.82) is 0 Å². The molecule has 1 aliphatic heterocycles. The van der Waals surface area contributed by atoms with E-state index in [1.165, 1.54) is 35.1 Å². The van der Waals surface area contributed by atoms with Crippen molar-refractivity contribution in [2.45, 2.75) is 38.2 Å². The normalized spacial score (nSPS) is 26.3. The number of hydrogen-bond acceptors (Lipinski definition) is 2. The average Bonchev–Trinajstić information content (AvgIpc) is 2.61. The maximum Gasteiger partial charge on any atom is 0.119 e. The Morgan fingerprint density at radius 3 is 2.70 bits per heavy atom. The molecule has 2 aromatic rings. The number of benzene rings is 2. The summed E-state index contributed by atoms with van der Waals surface area (Å²) in [6, 6.07) is 15.4. The first-order valence-corrected chi connectivity index (χ1v) is 8.59. The molecule has 0 radical (unpaired) electrons. The minimum Gasteiger partial charge on any atom is -0.497 e. The highest BCUT2D eigenvalue weighted by Gasteiger charge is 2.36. The molecule has 1 aliphatic carbocycles. The summed E-state index contributed by atoms with van der Waals surface area (Å²) in [5.41, 5.74) is 5.59. The maximum absolute atomic E-state index is 6.21. The summed E-state index contributed by atoms with van der Waals surface area (Å²) in [5.74, 6) is 2.22. The molecule has 1 heterocycles. The zero-order chi connectivity index (χ0) is 15.8. The summed E-state index contributed by atoms with van der Waals surface area (Å²) in [6.07, 6.45) is 3.70. The van der Waals surface area contributed by atoms with E-state index in [1.54, 1.807) is 7.11 Å². The van der Waals surface area contributed by atoms with E-state index in [0.717, 1.165) is 18.8 Å². The molecule has 1 fully saturated rings. The fourth-order valence-electron chi connectivity index (χ4n) is 4.14. The van der Waals surface area contributed by atoms with Crippen LogP contribution in [0.4, 0.5) is 0 Å². The van der Waals surface area contributed by atoms with Crippen LogP contribution in [-0.2, 0) is 11.2 Å². The molecule has 2 aromatic carbocycles. The largest absolute Gasteiger partial charge is 0.497 e. The van der Waals surface area contributed by atoms with Crippen molar-refractivity contribution >= 4 is 0 Å². The molecule has 2 aliphatic rings. The predicted molar refractivity (Wildman–Crippen MR) is 92.0 cm³/mol. The van der Waals surface area contributed by atoms with E-state index in [9.17, 15) is 0 Å². The molecule has 4 rings (SSSR count). The van der Waals surface area contributed by atoms with Crippen LogP contribution in [-0.4, -0.2) is 13.7 Å². The summed E-state index contributed by atoms with van der Waals surface area (Å²) >= 11 is 0. The molecule has 120 valence electrons. The van der Waals surface area contributed by atoms with Crippen molar-refractivity contribution in [3.05, 3.63) is 64.7 Å². The average molecular weight is 308 g/mol. The Morgan fingerprint density at radius 2 is 1.91 bits per heavy atom. The molecule has 2 heteroatoms. The maximum atomic E-state index is 6.21. The monoisotopic (exact) mass is 308 g/mol. The molecule has 2 nitrogen and oxygen atoms in total. The summed E-state index contributed by atoms with van der Waals surface area (Å²) in [6.45, 7) is 3.01. The van der Waals surface area contributed by atoms with Gasteiger partial charge in [-0.3, -0.25) is 0 Å². The van der Waals surface area contributed by atoms with E-state index < -0.39 is 0 Å². The zero-order valence-electron chi connectivity index (χ0n) is 13.9. The van der Waals surface area contributed by atoms with Crippen LogP contribution in [0, 0.1) is 12.8 Å². The molecule has 0 bridgehead atoms. The number of ether oxygens (including phenoxy) is 2. The van der Waals surface area contributed by atoms with E-state index in [2.05, 4.69) is 49.4 Å². The van der Waals surface area contributed by atoms with Crippen molar-refractivity contribution in [3.8, 4) is 5.75 Å². The number of rotatable bonds is 2. The van der Waals surface area contributed by atoms with Gasteiger partial charge in [0.2, 0.25) is 0 Å². The second kappa shape index (κ2) is 6.01. The van der Waals surface area contributed by atoms with Crippen LogP contribution >= 0.6 is 0 Å². The molecule has 0 spiro atoms. The second-order valence-electron chi connectivity index (χ2n) is 6.94. The Kier molecular flexibility index (Phi) is 3.86. The molecule has 0 amide bonds. The smallest absolute Gasteiger partial charge is 0.119 e. The molecule has 0 unspecified atom stereocenters. The highest BCUT2D eigenvalue weighted by molar-refractivity contribution is 5.40. The molecule has 3 atom stereocenters. The zero-order valence-corrected chi connectivity index (χ0v) is 13.9. The topological polar surface area (TPSA) is 18.5 Å². The highest BCUT2D eigenvalue weighted by Crippen LogP contribution is 2.47. The Balaban J connectivity index is 1.63. The third-order valence-corrected chi connectivity index (χ3v) is 5.53. The van der Waals surface area contributed by atoms with Gasteiger partial charge < -0.3 is 9.47 Å². The van der Waals surface area contributed by atoms with Crippen LogP contribution in [0.1, 0.15) is 47.1 Å². The number of fused-ring (bicyclic) bond motifs is 3.